The smallest absolute Gasteiger partial charge is 0.411 e. The molecule has 0 saturated carbocycles. The van der Waals surface area contributed by atoms with Crippen LogP contribution in [0.1, 0.15) is 19.4 Å². The molecule has 1 aromatic carbocycles. The highest BCUT2D eigenvalue weighted by molar-refractivity contribution is 5.89. The Morgan fingerprint density at radius 2 is 2.12 bits per heavy atom. The molecule has 1 aliphatic heterocycles. The molecular formula is C17H18N6O2. The lowest BCUT2D eigenvalue weighted by molar-refractivity contribution is 0.151. The molecule has 4 N–H and O–H groups in total. The predicted molar refractivity (Wildman–Crippen MR) is 96.2 cm³/mol. The van der Waals surface area contributed by atoms with E-state index in [0.29, 0.717) is 5.95 Å². The fourth-order valence-electron chi connectivity index (χ4n) is 2.71. The minimum Gasteiger partial charge on any atom is -0.444 e. The number of rotatable bonds is 4. The molecule has 4 rings (SSSR count). The SMILES string of the molecule is CC(C)Nc1nc(Nc2ccc3c(c2)COC(=O)N3)nc2[nH]ccc12. The maximum absolute atomic E-state index is 11.2. The number of carbonyl (C=O) groups is 1. The molecule has 3 heterocycles. The highest BCUT2D eigenvalue weighted by atomic mass is 16.5. The van der Waals surface area contributed by atoms with Gasteiger partial charge in [-0.2, -0.15) is 9.97 Å². The van der Waals surface area contributed by atoms with Crippen LogP contribution in [-0.2, 0) is 11.3 Å². The molecule has 3 aromatic rings. The van der Waals surface area contributed by atoms with Crippen LogP contribution in [0.5, 0.6) is 0 Å². The fourth-order valence-corrected chi connectivity index (χ4v) is 2.71. The van der Waals surface area contributed by atoms with Crippen molar-refractivity contribution in [1.29, 1.82) is 0 Å². The minimum atomic E-state index is -0.432. The summed E-state index contributed by atoms with van der Waals surface area (Å²) in [6.07, 6.45) is 1.41. The number of amides is 1. The van der Waals surface area contributed by atoms with Crippen molar-refractivity contribution in [2.45, 2.75) is 26.5 Å². The Morgan fingerprint density at radius 1 is 1.24 bits per heavy atom. The number of nitrogens with zero attached hydrogens (tertiary/aromatic N) is 2. The monoisotopic (exact) mass is 338 g/mol. The van der Waals surface area contributed by atoms with Crippen molar-refractivity contribution in [3.63, 3.8) is 0 Å². The maximum Gasteiger partial charge on any atom is 0.411 e. The molecule has 128 valence electrons. The van der Waals surface area contributed by atoms with Crippen LogP contribution in [0.2, 0.25) is 0 Å². The summed E-state index contributed by atoms with van der Waals surface area (Å²) in [5.41, 5.74) is 3.23. The van der Waals surface area contributed by atoms with Crippen LogP contribution in [0.15, 0.2) is 30.5 Å². The lowest BCUT2D eigenvalue weighted by Crippen LogP contribution is -2.20. The molecule has 0 radical (unpaired) electrons. The molecule has 0 bridgehead atoms. The van der Waals surface area contributed by atoms with E-state index >= 15 is 0 Å². The fraction of sp³-hybridized carbons (Fsp3) is 0.235. The van der Waals surface area contributed by atoms with Crippen LogP contribution >= 0.6 is 0 Å². The first-order chi connectivity index (χ1) is 12.1. The second-order valence-electron chi connectivity index (χ2n) is 6.13. The van der Waals surface area contributed by atoms with Gasteiger partial charge in [-0.05, 0) is 38.1 Å². The van der Waals surface area contributed by atoms with Crippen LogP contribution in [0, 0.1) is 0 Å². The summed E-state index contributed by atoms with van der Waals surface area (Å²) in [6, 6.07) is 7.81. The van der Waals surface area contributed by atoms with E-state index in [9.17, 15) is 4.79 Å². The van der Waals surface area contributed by atoms with Crippen LogP contribution in [0.3, 0.4) is 0 Å². The first-order valence-corrected chi connectivity index (χ1v) is 8.04. The van der Waals surface area contributed by atoms with E-state index < -0.39 is 6.09 Å². The average Bonchev–Trinajstić information content (AvgIpc) is 3.03. The third-order valence-electron chi connectivity index (χ3n) is 3.80. The number of anilines is 4. The van der Waals surface area contributed by atoms with Crippen molar-refractivity contribution in [1.82, 2.24) is 15.0 Å². The van der Waals surface area contributed by atoms with E-state index in [2.05, 4.69) is 44.7 Å². The summed E-state index contributed by atoms with van der Waals surface area (Å²) < 4.78 is 5.00. The molecule has 8 nitrogen and oxygen atoms in total. The lowest BCUT2D eigenvalue weighted by Gasteiger charge is -2.18. The highest BCUT2D eigenvalue weighted by Gasteiger charge is 2.16. The van der Waals surface area contributed by atoms with Crippen molar-refractivity contribution < 1.29 is 9.53 Å². The summed E-state index contributed by atoms with van der Waals surface area (Å²) in [6.45, 7) is 4.37. The number of aromatic amines is 1. The lowest BCUT2D eigenvalue weighted by atomic mass is 10.1. The predicted octanol–water partition coefficient (Wildman–Crippen LogP) is 3.58. The van der Waals surface area contributed by atoms with Crippen molar-refractivity contribution >= 4 is 40.3 Å². The number of ether oxygens (including phenoxy) is 1. The van der Waals surface area contributed by atoms with E-state index in [1.807, 2.05) is 30.5 Å². The number of aromatic nitrogens is 3. The number of fused-ring (bicyclic) bond motifs is 2. The molecule has 0 aliphatic carbocycles. The Labute approximate surface area is 144 Å². The van der Waals surface area contributed by atoms with Gasteiger partial charge in [-0.25, -0.2) is 4.79 Å². The molecule has 0 spiro atoms. The summed E-state index contributed by atoms with van der Waals surface area (Å²) in [7, 11) is 0. The van der Waals surface area contributed by atoms with E-state index in [4.69, 9.17) is 4.74 Å². The molecule has 25 heavy (non-hydrogen) atoms. The zero-order chi connectivity index (χ0) is 17.4. The number of hydrogen-bond acceptors (Lipinski definition) is 6. The Morgan fingerprint density at radius 3 is 2.96 bits per heavy atom. The molecule has 1 amide bonds. The van der Waals surface area contributed by atoms with Gasteiger partial charge >= 0.3 is 6.09 Å². The number of carbonyl (C=O) groups excluding carboxylic acids is 1. The van der Waals surface area contributed by atoms with Gasteiger partial charge in [-0.1, -0.05) is 0 Å². The van der Waals surface area contributed by atoms with Crippen molar-refractivity contribution in [2.24, 2.45) is 0 Å². The van der Waals surface area contributed by atoms with Crippen LogP contribution in [0.4, 0.5) is 27.9 Å². The highest BCUT2D eigenvalue weighted by Crippen LogP contribution is 2.27. The van der Waals surface area contributed by atoms with Crippen molar-refractivity contribution in [3.8, 4) is 0 Å². The van der Waals surface area contributed by atoms with Crippen LogP contribution in [-0.4, -0.2) is 27.1 Å². The first kappa shape index (κ1) is 15.3. The van der Waals surface area contributed by atoms with Gasteiger partial charge in [-0.15, -0.1) is 0 Å². The average molecular weight is 338 g/mol. The van der Waals surface area contributed by atoms with Crippen molar-refractivity contribution in [3.05, 3.63) is 36.0 Å². The van der Waals surface area contributed by atoms with Gasteiger partial charge in [0.1, 0.15) is 18.1 Å². The quantitative estimate of drug-likeness (QED) is 0.580. The first-order valence-electron chi connectivity index (χ1n) is 8.04. The van der Waals surface area contributed by atoms with Crippen LogP contribution in [0.25, 0.3) is 11.0 Å². The number of hydrogen-bond donors (Lipinski definition) is 4. The van der Waals surface area contributed by atoms with E-state index in [0.717, 1.165) is 33.8 Å². The third kappa shape index (κ3) is 3.06. The standard InChI is InChI=1S/C17H18N6O2/c1-9(2)19-15-12-5-6-18-14(12)22-16(23-15)20-11-3-4-13-10(7-11)8-25-17(24)21-13/h3-7,9H,8H2,1-2H3,(H,21,24)(H3,18,19,20,22,23). The van der Waals surface area contributed by atoms with E-state index in [-0.39, 0.29) is 12.6 Å². The number of benzene rings is 1. The summed E-state index contributed by atoms with van der Waals surface area (Å²) in [5.74, 6) is 1.26. The Balaban J connectivity index is 1.65. The topological polar surface area (TPSA) is 104 Å². The van der Waals surface area contributed by atoms with E-state index in [1.54, 1.807) is 0 Å². The summed E-state index contributed by atoms with van der Waals surface area (Å²) in [5, 5.41) is 10.2. The molecule has 0 fully saturated rings. The maximum atomic E-state index is 11.2. The second-order valence-corrected chi connectivity index (χ2v) is 6.13. The molecule has 2 aromatic heterocycles. The molecule has 0 atom stereocenters. The Hall–Kier alpha value is -3.29. The van der Waals surface area contributed by atoms with Gasteiger partial charge in [0.25, 0.3) is 0 Å². The summed E-state index contributed by atoms with van der Waals surface area (Å²) >= 11 is 0. The normalized spacial score (nSPS) is 13.3. The van der Waals surface area contributed by atoms with E-state index in [1.165, 1.54) is 0 Å². The molecular weight excluding hydrogens is 320 g/mol. The Kier molecular flexibility index (Phi) is 3.64. The molecule has 0 unspecified atom stereocenters. The second kappa shape index (κ2) is 5.97. The Bertz CT molecular complexity index is 949. The van der Waals surface area contributed by atoms with Gasteiger partial charge in [0.05, 0.1) is 11.1 Å². The van der Waals surface area contributed by atoms with Gasteiger partial charge in [-0.3, -0.25) is 5.32 Å². The molecule has 8 heteroatoms. The summed E-state index contributed by atoms with van der Waals surface area (Å²) in [4.78, 5) is 23.4. The largest absolute Gasteiger partial charge is 0.444 e. The zero-order valence-electron chi connectivity index (χ0n) is 13.9. The van der Waals surface area contributed by atoms with Gasteiger partial charge in [0.15, 0.2) is 0 Å². The third-order valence-corrected chi connectivity index (χ3v) is 3.80. The van der Waals surface area contributed by atoms with Gasteiger partial charge in [0, 0.05) is 23.5 Å². The number of cyclic esters (lactones) is 1. The minimum absolute atomic E-state index is 0.243. The van der Waals surface area contributed by atoms with Gasteiger partial charge < -0.3 is 20.4 Å². The number of H-pyrrole nitrogens is 1. The zero-order valence-corrected chi connectivity index (χ0v) is 13.9. The molecule has 0 saturated heterocycles. The van der Waals surface area contributed by atoms with Crippen LogP contribution < -0.4 is 16.0 Å². The number of nitrogens with one attached hydrogen (secondary N) is 4. The van der Waals surface area contributed by atoms with Crippen molar-refractivity contribution in [2.75, 3.05) is 16.0 Å². The van der Waals surface area contributed by atoms with Gasteiger partial charge in [0.2, 0.25) is 5.95 Å². The molecule has 1 aliphatic rings.